The highest BCUT2D eigenvalue weighted by atomic mass is 16.5. The van der Waals surface area contributed by atoms with Gasteiger partial charge in [-0.05, 0) is 43.2 Å². The summed E-state index contributed by atoms with van der Waals surface area (Å²) < 4.78 is 11.6. The average molecular weight is 411 g/mol. The Labute approximate surface area is 182 Å². The van der Waals surface area contributed by atoms with Crippen molar-refractivity contribution < 1.29 is 14.3 Å². The minimum Gasteiger partial charge on any atom is -0.496 e. The summed E-state index contributed by atoms with van der Waals surface area (Å²) in [6.07, 6.45) is 1.46. The second-order valence-electron chi connectivity index (χ2n) is 9.14. The van der Waals surface area contributed by atoms with E-state index in [0.29, 0.717) is 12.5 Å². The molecule has 0 bridgehead atoms. The van der Waals surface area contributed by atoms with Crippen molar-refractivity contribution in [2.75, 3.05) is 13.7 Å². The fourth-order valence-electron chi connectivity index (χ4n) is 5.14. The standard InChI is InChI=1S/C27H38O3/c1-8-30-25(28)27(21(4)5,18-20(2)3)26(6,19-22-14-10-9-11-15-22)23-16-12-13-17-24(23)29-7/h9-17,20-21H,8,18-19H2,1-7H3. The summed E-state index contributed by atoms with van der Waals surface area (Å²) in [5.74, 6) is 1.12. The summed E-state index contributed by atoms with van der Waals surface area (Å²) in [6, 6.07) is 18.5. The number of benzene rings is 2. The van der Waals surface area contributed by atoms with Gasteiger partial charge in [0, 0.05) is 11.0 Å². The Bertz CT molecular complexity index is 812. The first-order valence-electron chi connectivity index (χ1n) is 11.1. The van der Waals surface area contributed by atoms with Crippen LogP contribution in [0.25, 0.3) is 0 Å². The van der Waals surface area contributed by atoms with Gasteiger partial charge in [0.15, 0.2) is 0 Å². The highest BCUT2D eigenvalue weighted by Crippen LogP contribution is 2.55. The Morgan fingerprint density at radius 1 is 0.967 bits per heavy atom. The molecule has 2 aromatic carbocycles. The van der Waals surface area contributed by atoms with Crippen LogP contribution in [0, 0.1) is 17.3 Å². The molecule has 2 rings (SSSR count). The Kier molecular flexibility index (Phi) is 8.11. The van der Waals surface area contributed by atoms with Crippen molar-refractivity contribution in [2.24, 2.45) is 17.3 Å². The van der Waals surface area contributed by atoms with E-state index in [2.05, 4.69) is 65.0 Å². The van der Waals surface area contributed by atoms with Gasteiger partial charge in [0.25, 0.3) is 0 Å². The zero-order valence-corrected chi connectivity index (χ0v) is 19.7. The minimum absolute atomic E-state index is 0.0811. The van der Waals surface area contributed by atoms with Crippen LogP contribution < -0.4 is 4.74 Å². The molecule has 2 atom stereocenters. The second kappa shape index (κ2) is 10.1. The Hall–Kier alpha value is -2.29. The van der Waals surface area contributed by atoms with Gasteiger partial charge in [0.1, 0.15) is 5.75 Å². The summed E-state index contributed by atoms with van der Waals surface area (Å²) >= 11 is 0. The monoisotopic (exact) mass is 410 g/mol. The lowest BCUT2D eigenvalue weighted by Gasteiger charge is -2.51. The van der Waals surface area contributed by atoms with Crippen LogP contribution in [-0.4, -0.2) is 19.7 Å². The lowest BCUT2D eigenvalue weighted by Crippen LogP contribution is -2.55. The third-order valence-corrected chi connectivity index (χ3v) is 6.44. The molecule has 3 nitrogen and oxygen atoms in total. The third-order valence-electron chi connectivity index (χ3n) is 6.44. The van der Waals surface area contributed by atoms with Gasteiger partial charge in [0.2, 0.25) is 0 Å². The number of para-hydroxylation sites is 1. The molecule has 2 aromatic rings. The lowest BCUT2D eigenvalue weighted by atomic mass is 9.51. The van der Waals surface area contributed by atoms with Crippen LogP contribution in [0.5, 0.6) is 5.75 Å². The summed E-state index contributed by atoms with van der Waals surface area (Å²) in [5, 5.41) is 0. The molecular weight excluding hydrogens is 372 g/mol. The van der Waals surface area contributed by atoms with Crippen LogP contribution in [0.4, 0.5) is 0 Å². The van der Waals surface area contributed by atoms with Crippen LogP contribution in [0.3, 0.4) is 0 Å². The van der Waals surface area contributed by atoms with Crippen LogP contribution in [-0.2, 0) is 21.4 Å². The van der Waals surface area contributed by atoms with Crippen LogP contribution in [0.1, 0.15) is 59.1 Å². The van der Waals surface area contributed by atoms with Crippen LogP contribution in [0.15, 0.2) is 54.6 Å². The quantitative estimate of drug-likeness (QED) is 0.422. The van der Waals surface area contributed by atoms with Crippen molar-refractivity contribution in [3.63, 3.8) is 0 Å². The maximum absolute atomic E-state index is 13.8. The number of methoxy groups -OCH3 is 1. The van der Waals surface area contributed by atoms with Crippen molar-refractivity contribution in [3.05, 3.63) is 65.7 Å². The van der Waals surface area contributed by atoms with E-state index in [1.165, 1.54) is 5.56 Å². The highest BCUT2D eigenvalue weighted by molar-refractivity contribution is 5.80. The molecule has 0 aliphatic rings. The third kappa shape index (κ3) is 4.55. The molecule has 3 heteroatoms. The molecule has 0 N–H and O–H groups in total. The van der Waals surface area contributed by atoms with Crippen molar-refractivity contribution in [1.82, 2.24) is 0 Å². The zero-order chi connectivity index (χ0) is 22.4. The molecule has 164 valence electrons. The molecule has 0 fully saturated rings. The van der Waals surface area contributed by atoms with Gasteiger partial charge in [0.05, 0.1) is 19.1 Å². The number of hydrogen-bond donors (Lipinski definition) is 0. The first kappa shape index (κ1) is 24.0. The largest absolute Gasteiger partial charge is 0.496 e. The number of hydrogen-bond acceptors (Lipinski definition) is 3. The molecular formula is C27H38O3. The summed E-state index contributed by atoms with van der Waals surface area (Å²) in [6.45, 7) is 13.1. The number of carbonyl (C=O) groups is 1. The molecule has 2 unspecified atom stereocenters. The topological polar surface area (TPSA) is 35.5 Å². The van der Waals surface area contributed by atoms with Gasteiger partial charge in [-0.15, -0.1) is 0 Å². The van der Waals surface area contributed by atoms with Crippen molar-refractivity contribution in [2.45, 2.75) is 59.8 Å². The molecule has 0 saturated carbocycles. The summed E-state index contributed by atoms with van der Waals surface area (Å²) in [4.78, 5) is 13.8. The van der Waals surface area contributed by atoms with E-state index < -0.39 is 10.8 Å². The molecule has 0 amide bonds. The molecule has 0 aliphatic carbocycles. The highest BCUT2D eigenvalue weighted by Gasteiger charge is 2.58. The molecule has 0 saturated heterocycles. The fraction of sp³-hybridized carbons (Fsp3) is 0.519. The first-order chi connectivity index (χ1) is 14.2. The van der Waals surface area contributed by atoms with E-state index in [1.54, 1.807) is 7.11 Å². The Balaban J connectivity index is 2.85. The number of ether oxygens (including phenoxy) is 2. The lowest BCUT2D eigenvalue weighted by molar-refractivity contribution is -0.167. The van der Waals surface area contributed by atoms with E-state index in [0.717, 1.165) is 24.2 Å². The molecule has 0 aromatic heterocycles. The molecule has 0 aliphatic heterocycles. The Morgan fingerprint density at radius 2 is 1.57 bits per heavy atom. The van der Waals surface area contributed by atoms with Crippen molar-refractivity contribution in [1.29, 1.82) is 0 Å². The van der Waals surface area contributed by atoms with E-state index in [9.17, 15) is 4.79 Å². The molecule has 0 radical (unpaired) electrons. The average Bonchev–Trinajstić information content (AvgIpc) is 2.72. The predicted octanol–water partition coefficient (Wildman–Crippen LogP) is 6.45. The normalized spacial score (nSPS) is 15.5. The minimum atomic E-state index is -0.707. The summed E-state index contributed by atoms with van der Waals surface area (Å²) in [7, 11) is 1.70. The molecule has 0 heterocycles. The van der Waals surface area contributed by atoms with E-state index in [1.807, 2.05) is 31.2 Å². The maximum Gasteiger partial charge on any atom is 0.313 e. The van der Waals surface area contributed by atoms with Gasteiger partial charge in [-0.25, -0.2) is 0 Å². The van der Waals surface area contributed by atoms with E-state index in [-0.39, 0.29) is 11.9 Å². The Morgan fingerprint density at radius 3 is 2.10 bits per heavy atom. The van der Waals surface area contributed by atoms with Gasteiger partial charge in [-0.1, -0.05) is 83.1 Å². The second-order valence-corrected chi connectivity index (χ2v) is 9.14. The van der Waals surface area contributed by atoms with Crippen LogP contribution >= 0.6 is 0 Å². The maximum atomic E-state index is 13.8. The first-order valence-corrected chi connectivity index (χ1v) is 11.1. The van der Waals surface area contributed by atoms with Gasteiger partial charge in [-0.2, -0.15) is 0 Å². The SMILES string of the molecule is CCOC(=O)C(CC(C)C)(C(C)C)C(C)(Cc1ccccc1)c1ccccc1OC. The predicted molar refractivity (Wildman–Crippen MR) is 124 cm³/mol. The van der Waals surface area contributed by atoms with Gasteiger partial charge in [-0.3, -0.25) is 4.79 Å². The van der Waals surface area contributed by atoms with Gasteiger partial charge < -0.3 is 9.47 Å². The van der Waals surface area contributed by atoms with Crippen LogP contribution in [0.2, 0.25) is 0 Å². The van der Waals surface area contributed by atoms with E-state index >= 15 is 0 Å². The van der Waals surface area contributed by atoms with Crippen molar-refractivity contribution >= 4 is 5.97 Å². The smallest absolute Gasteiger partial charge is 0.313 e. The number of rotatable bonds is 10. The molecule has 30 heavy (non-hydrogen) atoms. The molecule has 0 spiro atoms. The number of carbonyl (C=O) groups excluding carboxylic acids is 1. The van der Waals surface area contributed by atoms with Gasteiger partial charge >= 0.3 is 5.97 Å². The fourth-order valence-corrected chi connectivity index (χ4v) is 5.14. The number of esters is 1. The zero-order valence-electron chi connectivity index (χ0n) is 19.7. The van der Waals surface area contributed by atoms with E-state index in [4.69, 9.17) is 9.47 Å². The summed E-state index contributed by atoms with van der Waals surface area (Å²) in [5.41, 5.74) is 1.02. The van der Waals surface area contributed by atoms with Crippen molar-refractivity contribution in [3.8, 4) is 5.75 Å².